The first kappa shape index (κ1) is 15.5. The number of rotatable bonds is 3. The Kier molecular flexibility index (Phi) is 4.32. The van der Waals surface area contributed by atoms with Gasteiger partial charge in [0.25, 0.3) is 0 Å². The third-order valence-electron chi connectivity index (χ3n) is 3.49. The topological polar surface area (TPSA) is 12.0 Å². The summed E-state index contributed by atoms with van der Waals surface area (Å²) in [5.41, 5.74) is 0.188. The summed E-state index contributed by atoms with van der Waals surface area (Å²) in [6.07, 6.45) is 0. The van der Waals surface area contributed by atoms with Crippen LogP contribution in [-0.4, -0.2) is 7.05 Å². The summed E-state index contributed by atoms with van der Waals surface area (Å²) in [6, 6.07) is 3.39. The molecular formula is C16H15F4N. The van der Waals surface area contributed by atoms with Crippen LogP contribution in [0.4, 0.5) is 17.6 Å². The minimum absolute atomic E-state index is 0.000185. The van der Waals surface area contributed by atoms with Gasteiger partial charge in [0.05, 0.1) is 6.04 Å². The fourth-order valence-electron chi connectivity index (χ4n) is 2.30. The molecule has 0 saturated heterocycles. The van der Waals surface area contributed by atoms with Gasteiger partial charge in [0.2, 0.25) is 0 Å². The quantitative estimate of drug-likeness (QED) is 0.839. The van der Waals surface area contributed by atoms with Gasteiger partial charge in [-0.05, 0) is 44.2 Å². The normalized spacial score (nSPS) is 12.5. The molecule has 1 unspecified atom stereocenters. The van der Waals surface area contributed by atoms with Crippen LogP contribution in [0.5, 0.6) is 0 Å². The van der Waals surface area contributed by atoms with Crippen LogP contribution in [0.3, 0.4) is 0 Å². The first-order chi connectivity index (χ1) is 9.86. The van der Waals surface area contributed by atoms with E-state index < -0.39 is 29.3 Å². The molecule has 0 aliphatic carbocycles. The Hall–Kier alpha value is -1.88. The molecule has 5 heteroatoms. The van der Waals surface area contributed by atoms with Crippen molar-refractivity contribution in [1.29, 1.82) is 0 Å². The predicted molar refractivity (Wildman–Crippen MR) is 73.1 cm³/mol. The lowest BCUT2D eigenvalue weighted by Crippen LogP contribution is -2.22. The van der Waals surface area contributed by atoms with Gasteiger partial charge in [-0.2, -0.15) is 0 Å². The van der Waals surface area contributed by atoms with Gasteiger partial charge in [-0.15, -0.1) is 0 Å². The highest BCUT2D eigenvalue weighted by Crippen LogP contribution is 2.31. The summed E-state index contributed by atoms with van der Waals surface area (Å²) in [6.45, 7) is 2.96. The zero-order chi connectivity index (χ0) is 15.7. The molecule has 0 aliphatic rings. The maximum atomic E-state index is 14.2. The van der Waals surface area contributed by atoms with Gasteiger partial charge in [-0.3, -0.25) is 0 Å². The van der Waals surface area contributed by atoms with Crippen molar-refractivity contribution in [2.45, 2.75) is 19.9 Å². The standard InChI is InChI=1S/C16H15F4N/c1-8-4-5-11(17)14(15(8)20)16(21-3)10-6-9(2)12(18)7-13(10)19/h4-7,16,21H,1-3H3. The van der Waals surface area contributed by atoms with Gasteiger partial charge in [-0.25, -0.2) is 17.6 Å². The zero-order valence-electron chi connectivity index (χ0n) is 11.9. The zero-order valence-corrected chi connectivity index (χ0v) is 11.9. The van der Waals surface area contributed by atoms with Crippen LogP contribution < -0.4 is 5.32 Å². The fourth-order valence-corrected chi connectivity index (χ4v) is 2.30. The second-order valence-electron chi connectivity index (χ2n) is 4.94. The highest BCUT2D eigenvalue weighted by Gasteiger charge is 2.25. The Morgan fingerprint density at radius 3 is 2.14 bits per heavy atom. The van der Waals surface area contributed by atoms with Crippen molar-refractivity contribution in [1.82, 2.24) is 5.32 Å². The van der Waals surface area contributed by atoms with Gasteiger partial charge in [-0.1, -0.05) is 6.07 Å². The monoisotopic (exact) mass is 297 g/mol. The van der Waals surface area contributed by atoms with Crippen LogP contribution in [0.25, 0.3) is 0 Å². The molecule has 0 heterocycles. The molecule has 1 atom stereocenters. The van der Waals surface area contributed by atoms with Crippen molar-refractivity contribution in [3.63, 3.8) is 0 Å². The minimum Gasteiger partial charge on any atom is -0.309 e. The number of hydrogen-bond acceptors (Lipinski definition) is 1. The number of aryl methyl sites for hydroxylation is 2. The summed E-state index contributed by atoms with van der Waals surface area (Å²) in [7, 11) is 1.46. The Bertz CT molecular complexity index is 682. The summed E-state index contributed by atoms with van der Waals surface area (Å²) in [5.74, 6) is -3.07. The van der Waals surface area contributed by atoms with Crippen LogP contribution in [-0.2, 0) is 0 Å². The molecule has 1 nitrogen and oxygen atoms in total. The van der Waals surface area contributed by atoms with E-state index >= 15 is 0 Å². The van der Waals surface area contributed by atoms with Crippen LogP contribution in [0.15, 0.2) is 24.3 Å². The molecule has 21 heavy (non-hydrogen) atoms. The lowest BCUT2D eigenvalue weighted by atomic mass is 9.94. The van der Waals surface area contributed by atoms with Gasteiger partial charge in [0.1, 0.15) is 23.3 Å². The highest BCUT2D eigenvalue weighted by atomic mass is 19.1. The van der Waals surface area contributed by atoms with Crippen molar-refractivity contribution in [3.05, 3.63) is 69.8 Å². The van der Waals surface area contributed by atoms with Gasteiger partial charge < -0.3 is 5.32 Å². The third-order valence-corrected chi connectivity index (χ3v) is 3.49. The van der Waals surface area contributed by atoms with Crippen molar-refractivity contribution in [3.8, 4) is 0 Å². The molecule has 2 rings (SSSR count). The molecule has 2 aromatic carbocycles. The van der Waals surface area contributed by atoms with Gasteiger partial charge in [0.15, 0.2) is 0 Å². The van der Waals surface area contributed by atoms with Crippen molar-refractivity contribution in [2.75, 3.05) is 7.05 Å². The third kappa shape index (κ3) is 2.78. The van der Waals surface area contributed by atoms with Crippen LogP contribution >= 0.6 is 0 Å². The van der Waals surface area contributed by atoms with Gasteiger partial charge in [0, 0.05) is 17.2 Å². The molecule has 0 saturated carbocycles. The molecule has 1 N–H and O–H groups in total. The van der Waals surface area contributed by atoms with E-state index in [-0.39, 0.29) is 22.3 Å². The van der Waals surface area contributed by atoms with E-state index in [4.69, 9.17) is 0 Å². The van der Waals surface area contributed by atoms with E-state index in [0.29, 0.717) is 0 Å². The van der Waals surface area contributed by atoms with Crippen molar-refractivity contribution < 1.29 is 17.6 Å². The molecule has 0 bridgehead atoms. The summed E-state index contributed by atoms with van der Waals surface area (Å²) in [4.78, 5) is 0. The Morgan fingerprint density at radius 2 is 1.52 bits per heavy atom. The number of halogens is 4. The second-order valence-corrected chi connectivity index (χ2v) is 4.94. The summed E-state index contributed by atoms with van der Waals surface area (Å²) >= 11 is 0. The Labute approximate surface area is 120 Å². The first-order valence-electron chi connectivity index (χ1n) is 6.44. The van der Waals surface area contributed by atoms with Crippen molar-refractivity contribution in [2.24, 2.45) is 0 Å². The van der Waals surface area contributed by atoms with E-state index in [1.54, 1.807) is 0 Å². The van der Waals surface area contributed by atoms with E-state index in [1.165, 1.54) is 33.0 Å². The molecule has 0 aliphatic heterocycles. The maximum Gasteiger partial charge on any atom is 0.134 e. The summed E-state index contributed by atoms with van der Waals surface area (Å²) < 4.78 is 55.5. The predicted octanol–water partition coefficient (Wildman–Crippen LogP) is 4.17. The SMILES string of the molecule is CNC(c1cc(C)c(F)cc1F)c1c(F)ccc(C)c1F. The molecule has 0 spiro atoms. The molecular weight excluding hydrogens is 282 g/mol. The molecule has 0 amide bonds. The van der Waals surface area contributed by atoms with E-state index in [9.17, 15) is 17.6 Å². The average Bonchev–Trinajstić information content (AvgIpc) is 2.44. The van der Waals surface area contributed by atoms with Crippen LogP contribution in [0, 0.1) is 37.1 Å². The van der Waals surface area contributed by atoms with Gasteiger partial charge >= 0.3 is 0 Å². The number of benzene rings is 2. The van der Waals surface area contributed by atoms with Crippen molar-refractivity contribution >= 4 is 0 Å². The molecule has 112 valence electrons. The molecule has 2 aromatic rings. The minimum atomic E-state index is -1.04. The summed E-state index contributed by atoms with van der Waals surface area (Å²) in [5, 5.41) is 2.69. The smallest absolute Gasteiger partial charge is 0.134 e. The van der Waals surface area contributed by atoms with E-state index in [1.807, 2.05) is 0 Å². The molecule has 0 fully saturated rings. The molecule has 0 radical (unpaired) electrons. The number of hydrogen-bond donors (Lipinski definition) is 1. The van der Waals surface area contributed by atoms with E-state index in [2.05, 4.69) is 5.32 Å². The van der Waals surface area contributed by atoms with E-state index in [0.717, 1.165) is 12.1 Å². The largest absolute Gasteiger partial charge is 0.309 e. The Morgan fingerprint density at radius 1 is 0.857 bits per heavy atom. The second kappa shape index (κ2) is 5.85. The molecule has 0 aromatic heterocycles. The lowest BCUT2D eigenvalue weighted by Gasteiger charge is -2.20. The van der Waals surface area contributed by atoms with Crippen LogP contribution in [0.1, 0.15) is 28.3 Å². The first-order valence-corrected chi connectivity index (χ1v) is 6.44. The number of nitrogens with one attached hydrogen (secondary N) is 1. The highest BCUT2D eigenvalue weighted by molar-refractivity contribution is 5.38. The average molecular weight is 297 g/mol. The fraction of sp³-hybridized carbons (Fsp3) is 0.250. The lowest BCUT2D eigenvalue weighted by molar-refractivity contribution is 0.499. The Balaban J connectivity index is 2.66. The maximum absolute atomic E-state index is 14.2. The van der Waals surface area contributed by atoms with Crippen LogP contribution in [0.2, 0.25) is 0 Å².